The second-order valence-corrected chi connectivity index (χ2v) is 6.01. The van der Waals surface area contributed by atoms with E-state index in [1.807, 2.05) is 36.4 Å². The Balaban J connectivity index is 1.52. The van der Waals surface area contributed by atoms with E-state index in [1.54, 1.807) is 0 Å². The van der Waals surface area contributed by atoms with Gasteiger partial charge in [-0.3, -0.25) is 9.69 Å². The van der Waals surface area contributed by atoms with Crippen molar-refractivity contribution in [2.24, 2.45) is 0 Å². The molecule has 2 aromatic carbocycles. The fourth-order valence-electron chi connectivity index (χ4n) is 2.81. The molecule has 0 radical (unpaired) electrons. The molecule has 0 aliphatic carbocycles. The van der Waals surface area contributed by atoms with Crippen molar-refractivity contribution in [2.45, 2.75) is 13.3 Å². The van der Waals surface area contributed by atoms with Gasteiger partial charge in [0.1, 0.15) is 13.2 Å². The van der Waals surface area contributed by atoms with E-state index in [0.717, 1.165) is 30.9 Å². The number of ether oxygens (including phenoxy) is 2. The molecular weight excluding hydrogens is 316 g/mol. The number of benzene rings is 2. The molecule has 0 atom stereocenters. The quantitative estimate of drug-likeness (QED) is 0.842. The molecule has 3 rings (SSSR count). The zero-order valence-electron chi connectivity index (χ0n) is 14.5. The summed E-state index contributed by atoms with van der Waals surface area (Å²) in [5.74, 6) is 1.38. The van der Waals surface area contributed by atoms with Crippen LogP contribution in [0.2, 0.25) is 0 Å². The van der Waals surface area contributed by atoms with Crippen LogP contribution in [0.5, 0.6) is 11.5 Å². The highest BCUT2D eigenvalue weighted by molar-refractivity contribution is 5.92. The van der Waals surface area contributed by atoms with Crippen LogP contribution in [-0.4, -0.2) is 43.7 Å². The molecule has 0 saturated carbocycles. The molecule has 25 heavy (non-hydrogen) atoms. The minimum Gasteiger partial charge on any atom is -0.486 e. The zero-order chi connectivity index (χ0) is 17.5. The smallest absolute Gasteiger partial charge is 0.238 e. The number of carbonyl (C=O) groups excluding carboxylic acids is 1. The summed E-state index contributed by atoms with van der Waals surface area (Å²) in [5, 5.41) is 2.94. The molecular formula is C20H24N2O3. The summed E-state index contributed by atoms with van der Waals surface area (Å²) in [7, 11) is 0. The molecule has 0 bridgehead atoms. The standard InChI is InChI=1S/C20H24N2O3/c1-2-22(11-10-16-6-4-3-5-7-16)15-20(23)21-17-8-9-18-19(14-17)25-13-12-24-18/h3-9,14H,2,10-13,15H2,1H3,(H,21,23). The van der Waals surface area contributed by atoms with Crippen molar-refractivity contribution in [3.8, 4) is 11.5 Å². The van der Waals surface area contributed by atoms with Gasteiger partial charge in [0.15, 0.2) is 11.5 Å². The summed E-state index contributed by atoms with van der Waals surface area (Å²) in [5.41, 5.74) is 2.02. The highest BCUT2D eigenvalue weighted by Gasteiger charge is 2.14. The van der Waals surface area contributed by atoms with E-state index in [0.29, 0.717) is 25.5 Å². The Kier molecular flexibility index (Phi) is 5.90. The van der Waals surface area contributed by atoms with E-state index in [2.05, 4.69) is 29.3 Å². The highest BCUT2D eigenvalue weighted by atomic mass is 16.6. The molecule has 0 aromatic heterocycles. The predicted molar refractivity (Wildman–Crippen MR) is 98.3 cm³/mol. The van der Waals surface area contributed by atoms with E-state index in [-0.39, 0.29) is 5.91 Å². The van der Waals surface area contributed by atoms with Crippen LogP contribution in [0.25, 0.3) is 0 Å². The maximum Gasteiger partial charge on any atom is 0.238 e. The zero-order valence-corrected chi connectivity index (χ0v) is 14.5. The average Bonchev–Trinajstić information content (AvgIpc) is 2.66. The van der Waals surface area contributed by atoms with Gasteiger partial charge < -0.3 is 14.8 Å². The van der Waals surface area contributed by atoms with Gasteiger partial charge in [-0.05, 0) is 30.7 Å². The largest absolute Gasteiger partial charge is 0.486 e. The summed E-state index contributed by atoms with van der Waals surface area (Å²) < 4.78 is 11.0. The van der Waals surface area contributed by atoms with Gasteiger partial charge in [0.2, 0.25) is 5.91 Å². The van der Waals surface area contributed by atoms with Gasteiger partial charge >= 0.3 is 0 Å². The summed E-state index contributed by atoms with van der Waals surface area (Å²) in [6, 6.07) is 15.8. The number of nitrogens with one attached hydrogen (secondary N) is 1. The van der Waals surface area contributed by atoms with Gasteiger partial charge in [0.25, 0.3) is 0 Å². The maximum absolute atomic E-state index is 12.3. The molecule has 5 nitrogen and oxygen atoms in total. The Morgan fingerprint density at radius 1 is 1.08 bits per heavy atom. The maximum atomic E-state index is 12.3. The number of nitrogens with zero attached hydrogens (tertiary/aromatic N) is 1. The lowest BCUT2D eigenvalue weighted by atomic mass is 10.1. The fraction of sp³-hybridized carbons (Fsp3) is 0.350. The van der Waals surface area contributed by atoms with Crippen molar-refractivity contribution < 1.29 is 14.3 Å². The van der Waals surface area contributed by atoms with Crippen LogP contribution in [0, 0.1) is 0 Å². The Hall–Kier alpha value is -2.53. The minimum absolute atomic E-state index is 0.0217. The minimum atomic E-state index is -0.0217. The third-order valence-corrected chi connectivity index (χ3v) is 4.20. The van der Waals surface area contributed by atoms with Gasteiger partial charge in [0.05, 0.1) is 6.54 Å². The molecule has 1 N–H and O–H groups in total. The molecule has 0 unspecified atom stereocenters. The van der Waals surface area contributed by atoms with E-state index in [1.165, 1.54) is 5.56 Å². The lowest BCUT2D eigenvalue weighted by Gasteiger charge is -2.21. The van der Waals surface area contributed by atoms with E-state index >= 15 is 0 Å². The highest BCUT2D eigenvalue weighted by Crippen LogP contribution is 2.32. The first-order valence-corrected chi connectivity index (χ1v) is 8.70. The third-order valence-electron chi connectivity index (χ3n) is 4.20. The van der Waals surface area contributed by atoms with Crippen LogP contribution in [0.1, 0.15) is 12.5 Å². The normalized spacial score (nSPS) is 12.9. The molecule has 0 fully saturated rings. The number of fused-ring (bicyclic) bond motifs is 1. The Morgan fingerprint density at radius 2 is 1.84 bits per heavy atom. The topological polar surface area (TPSA) is 50.8 Å². The summed E-state index contributed by atoms with van der Waals surface area (Å²) in [6.07, 6.45) is 0.936. The van der Waals surface area contributed by atoms with E-state index in [9.17, 15) is 4.79 Å². The lowest BCUT2D eigenvalue weighted by Crippen LogP contribution is -2.34. The van der Waals surface area contributed by atoms with Crippen molar-refractivity contribution in [3.63, 3.8) is 0 Å². The van der Waals surface area contributed by atoms with Crippen molar-refractivity contribution in [3.05, 3.63) is 54.1 Å². The molecule has 0 saturated heterocycles. The van der Waals surface area contributed by atoms with Crippen LogP contribution in [0.3, 0.4) is 0 Å². The number of carbonyl (C=O) groups is 1. The summed E-state index contributed by atoms with van der Waals surface area (Å²) in [4.78, 5) is 14.5. The van der Waals surface area contributed by atoms with Gasteiger partial charge in [0, 0.05) is 18.3 Å². The number of rotatable bonds is 7. The van der Waals surface area contributed by atoms with Gasteiger partial charge in [-0.2, -0.15) is 0 Å². The molecule has 0 spiro atoms. The molecule has 1 amide bonds. The number of likely N-dealkylation sites (N-methyl/N-ethyl adjacent to an activating group) is 1. The Labute approximate surface area is 148 Å². The van der Waals surface area contributed by atoms with Crippen molar-refractivity contribution in [2.75, 3.05) is 38.2 Å². The van der Waals surface area contributed by atoms with Crippen LogP contribution >= 0.6 is 0 Å². The monoisotopic (exact) mass is 340 g/mol. The second kappa shape index (κ2) is 8.53. The van der Waals surface area contributed by atoms with Crippen LogP contribution in [-0.2, 0) is 11.2 Å². The van der Waals surface area contributed by atoms with Crippen LogP contribution in [0.15, 0.2) is 48.5 Å². The van der Waals surface area contributed by atoms with E-state index in [4.69, 9.17) is 9.47 Å². The average molecular weight is 340 g/mol. The van der Waals surface area contributed by atoms with Gasteiger partial charge in [-0.15, -0.1) is 0 Å². The summed E-state index contributed by atoms with van der Waals surface area (Å²) >= 11 is 0. The van der Waals surface area contributed by atoms with Crippen LogP contribution < -0.4 is 14.8 Å². The van der Waals surface area contributed by atoms with Crippen molar-refractivity contribution in [1.82, 2.24) is 4.90 Å². The number of hydrogen-bond donors (Lipinski definition) is 1. The number of hydrogen-bond acceptors (Lipinski definition) is 4. The van der Waals surface area contributed by atoms with Crippen molar-refractivity contribution >= 4 is 11.6 Å². The predicted octanol–water partition coefficient (Wildman–Crippen LogP) is 2.96. The first-order valence-electron chi connectivity index (χ1n) is 8.70. The molecule has 1 aliphatic rings. The lowest BCUT2D eigenvalue weighted by molar-refractivity contribution is -0.117. The molecule has 5 heteroatoms. The van der Waals surface area contributed by atoms with Gasteiger partial charge in [-0.1, -0.05) is 37.3 Å². The number of anilines is 1. The summed E-state index contributed by atoms with van der Waals surface area (Å²) in [6.45, 7) is 5.23. The number of amides is 1. The Bertz CT molecular complexity index is 703. The first kappa shape index (κ1) is 17.3. The first-order chi connectivity index (χ1) is 12.2. The SMILES string of the molecule is CCN(CCc1ccccc1)CC(=O)Nc1ccc2c(c1)OCCO2. The molecule has 1 heterocycles. The fourth-order valence-corrected chi connectivity index (χ4v) is 2.81. The third kappa shape index (κ3) is 4.97. The van der Waals surface area contributed by atoms with Gasteiger partial charge in [-0.25, -0.2) is 0 Å². The molecule has 132 valence electrons. The molecule has 2 aromatic rings. The molecule has 1 aliphatic heterocycles. The Morgan fingerprint density at radius 3 is 2.60 bits per heavy atom. The van der Waals surface area contributed by atoms with E-state index < -0.39 is 0 Å². The van der Waals surface area contributed by atoms with Crippen molar-refractivity contribution in [1.29, 1.82) is 0 Å². The second-order valence-electron chi connectivity index (χ2n) is 6.01. The van der Waals surface area contributed by atoms with Crippen LogP contribution in [0.4, 0.5) is 5.69 Å².